The SMILES string of the molecule is CCC1CCC(Cc2ccccc2Cl)(C(=O)O)CC1. The van der Waals surface area contributed by atoms with Crippen molar-refractivity contribution in [2.45, 2.75) is 45.4 Å². The zero-order chi connectivity index (χ0) is 13.9. The fraction of sp³-hybridized carbons (Fsp3) is 0.562. The minimum atomic E-state index is -0.665. The first-order valence-corrected chi connectivity index (χ1v) is 7.42. The molecule has 0 spiro atoms. The lowest BCUT2D eigenvalue weighted by atomic mass is 9.67. The highest BCUT2D eigenvalue weighted by atomic mass is 35.5. The Morgan fingerprint density at radius 3 is 2.53 bits per heavy atom. The molecule has 0 aromatic heterocycles. The molecule has 1 aromatic carbocycles. The van der Waals surface area contributed by atoms with Gasteiger partial charge in [0.25, 0.3) is 0 Å². The lowest BCUT2D eigenvalue weighted by Gasteiger charge is -2.37. The van der Waals surface area contributed by atoms with E-state index in [0.717, 1.165) is 37.7 Å². The number of hydrogen-bond donors (Lipinski definition) is 1. The van der Waals surface area contributed by atoms with Gasteiger partial charge in [-0.25, -0.2) is 0 Å². The monoisotopic (exact) mass is 280 g/mol. The minimum absolute atomic E-state index is 0.554. The van der Waals surface area contributed by atoms with Crippen molar-refractivity contribution in [3.8, 4) is 0 Å². The quantitative estimate of drug-likeness (QED) is 0.878. The number of aliphatic carboxylic acids is 1. The molecule has 3 heteroatoms. The summed E-state index contributed by atoms with van der Waals surface area (Å²) < 4.78 is 0. The summed E-state index contributed by atoms with van der Waals surface area (Å²) in [6.45, 7) is 2.19. The molecule has 19 heavy (non-hydrogen) atoms. The van der Waals surface area contributed by atoms with Gasteiger partial charge in [0, 0.05) is 5.02 Å². The molecule has 1 fully saturated rings. The second kappa shape index (κ2) is 5.96. The maximum Gasteiger partial charge on any atom is 0.309 e. The molecule has 1 aliphatic carbocycles. The van der Waals surface area contributed by atoms with Crippen molar-refractivity contribution in [3.63, 3.8) is 0 Å². The largest absolute Gasteiger partial charge is 0.481 e. The molecule has 0 aliphatic heterocycles. The van der Waals surface area contributed by atoms with E-state index in [9.17, 15) is 9.90 Å². The molecule has 1 aliphatic rings. The maximum absolute atomic E-state index is 11.7. The Kier molecular flexibility index (Phi) is 4.51. The summed E-state index contributed by atoms with van der Waals surface area (Å²) in [6, 6.07) is 7.59. The van der Waals surface area contributed by atoms with E-state index in [1.165, 1.54) is 0 Å². The third-order valence-electron chi connectivity index (χ3n) is 4.58. The van der Waals surface area contributed by atoms with Gasteiger partial charge in [-0.05, 0) is 49.7 Å². The van der Waals surface area contributed by atoms with Crippen LogP contribution in [0.25, 0.3) is 0 Å². The highest BCUT2D eigenvalue weighted by Crippen LogP contribution is 2.43. The Hall–Kier alpha value is -1.02. The average Bonchev–Trinajstić information content (AvgIpc) is 2.42. The molecule has 0 atom stereocenters. The van der Waals surface area contributed by atoms with Gasteiger partial charge < -0.3 is 5.11 Å². The molecule has 104 valence electrons. The van der Waals surface area contributed by atoms with Crippen LogP contribution < -0.4 is 0 Å². The number of benzene rings is 1. The van der Waals surface area contributed by atoms with Crippen molar-refractivity contribution in [1.82, 2.24) is 0 Å². The molecule has 0 saturated heterocycles. The summed E-state index contributed by atoms with van der Waals surface area (Å²) in [5, 5.41) is 10.3. The fourth-order valence-electron chi connectivity index (χ4n) is 3.11. The van der Waals surface area contributed by atoms with Crippen molar-refractivity contribution in [1.29, 1.82) is 0 Å². The van der Waals surface area contributed by atoms with E-state index < -0.39 is 11.4 Å². The van der Waals surface area contributed by atoms with E-state index in [2.05, 4.69) is 6.92 Å². The van der Waals surface area contributed by atoms with Crippen LogP contribution in [0, 0.1) is 11.3 Å². The third kappa shape index (κ3) is 3.11. The van der Waals surface area contributed by atoms with Gasteiger partial charge >= 0.3 is 5.97 Å². The molecule has 0 amide bonds. The summed E-state index contributed by atoms with van der Waals surface area (Å²) >= 11 is 6.17. The van der Waals surface area contributed by atoms with E-state index in [-0.39, 0.29) is 0 Å². The molecule has 0 radical (unpaired) electrons. The predicted molar refractivity (Wildman–Crippen MR) is 77.5 cm³/mol. The summed E-state index contributed by atoms with van der Waals surface area (Å²) in [7, 11) is 0. The van der Waals surface area contributed by atoms with Gasteiger partial charge in [0.2, 0.25) is 0 Å². The maximum atomic E-state index is 11.7. The normalized spacial score (nSPS) is 27.2. The molecule has 0 bridgehead atoms. The lowest BCUT2D eigenvalue weighted by molar-refractivity contribution is -0.151. The van der Waals surface area contributed by atoms with E-state index in [1.807, 2.05) is 24.3 Å². The molecule has 0 heterocycles. The van der Waals surface area contributed by atoms with Crippen molar-refractivity contribution in [2.75, 3.05) is 0 Å². The summed E-state index contributed by atoms with van der Waals surface area (Å²) in [4.78, 5) is 11.7. The van der Waals surface area contributed by atoms with E-state index in [0.29, 0.717) is 17.4 Å². The van der Waals surface area contributed by atoms with Crippen LogP contribution in [0.1, 0.15) is 44.6 Å². The van der Waals surface area contributed by atoms with Gasteiger partial charge in [-0.2, -0.15) is 0 Å². The second-order valence-electron chi connectivity index (χ2n) is 5.71. The predicted octanol–water partition coefficient (Wildman–Crippen LogP) is 4.55. The first-order chi connectivity index (χ1) is 9.07. The first-order valence-electron chi connectivity index (χ1n) is 7.04. The van der Waals surface area contributed by atoms with E-state index in [1.54, 1.807) is 0 Å². The number of rotatable bonds is 4. The average molecular weight is 281 g/mol. The number of carboxylic acid groups (broad SMARTS) is 1. The smallest absolute Gasteiger partial charge is 0.309 e. The van der Waals surface area contributed by atoms with E-state index in [4.69, 9.17) is 11.6 Å². The van der Waals surface area contributed by atoms with Crippen LogP contribution in [0.15, 0.2) is 24.3 Å². The first kappa shape index (κ1) is 14.4. The summed E-state index contributed by atoms with van der Waals surface area (Å²) in [5.41, 5.74) is 0.345. The van der Waals surface area contributed by atoms with Gasteiger partial charge in [0.05, 0.1) is 5.41 Å². The van der Waals surface area contributed by atoms with Crippen LogP contribution >= 0.6 is 11.6 Å². The van der Waals surface area contributed by atoms with Gasteiger partial charge in [0.15, 0.2) is 0 Å². The molecule has 1 N–H and O–H groups in total. The highest BCUT2D eigenvalue weighted by Gasteiger charge is 2.41. The zero-order valence-electron chi connectivity index (χ0n) is 11.4. The third-order valence-corrected chi connectivity index (χ3v) is 4.95. The lowest BCUT2D eigenvalue weighted by Crippen LogP contribution is -2.37. The number of hydrogen-bond acceptors (Lipinski definition) is 1. The van der Waals surface area contributed by atoms with E-state index >= 15 is 0 Å². The number of carbonyl (C=O) groups is 1. The molecular weight excluding hydrogens is 260 g/mol. The van der Waals surface area contributed by atoms with Crippen molar-refractivity contribution in [3.05, 3.63) is 34.9 Å². The van der Waals surface area contributed by atoms with Crippen LogP contribution in [0.3, 0.4) is 0 Å². The Morgan fingerprint density at radius 1 is 1.37 bits per heavy atom. The van der Waals surface area contributed by atoms with Crippen molar-refractivity contribution >= 4 is 17.6 Å². The zero-order valence-corrected chi connectivity index (χ0v) is 12.1. The van der Waals surface area contributed by atoms with Crippen LogP contribution in [0.2, 0.25) is 5.02 Å². The second-order valence-corrected chi connectivity index (χ2v) is 6.11. The fourth-order valence-corrected chi connectivity index (χ4v) is 3.31. The molecule has 1 saturated carbocycles. The van der Waals surface area contributed by atoms with Gasteiger partial charge in [-0.15, -0.1) is 0 Å². The molecule has 0 unspecified atom stereocenters. The standard InChI is InChI=1S/C16H21ClO2/c1-2-12-7-9-16(10-8-12,15(18)19)11-13-5-3-4-6-14(13)17/h3-6,12H,2,7-11H2,1H3,(H,18,19). The summed E-state index contributed by atoms with van der Waals surface area (Å²) in [5.74, 6) is 0.0284. The Balaban J connectivity index is 2.18. The van der Waals surface area contributed by atoms with Crippen molar-refractivity contribution in [2.24, 2.45) is 11.3 Å². The van der Waals surface area contributed by atoms with Crippen LogP contribution in [0.5, 0.6) is 0 Å². The molecule has 2 nitrogen and oxygen atoms in total. The van der Waals surface area contributed by atoms with Gasteiger partial charge in [-0.3, -0.25) is 4.79 Å². The molecule has 2 rings (SSSR count). The number of halogens is 1. The molecular formula is C16H21ClO2. The minimum Gasteiger partial charge on any atom is -0.481 e. The van der Waals surface area contributed by atoms with Gasteiger partial charge in [-0.1, -0.05) is 43.1 Å². The van der Waals surface area contributed by atoms with Crippen LogP contribution in [-0.2, 0) is 11.2 Å². The molecule has 1 aromatic rings. The topological polar surface area (TPSA) is 37.3 Å². The highest BCUT2D eigenvalue weighted by molar-refractivity contribution is 6.31. The van der Waals surface area contributed by atoms with Crippen LogP contribution in [-0.4, -0.2) is 11.1 Å². The Labute approximate surface area is 119 Å². The van der Waals surface area contributed by atoms with Crippen LogP contribution in [0.4, 0.5) is 0 Å². The summed E-state index contributed by atoms with van der Waals surface area (Å²) in [6.07, 6.45) is 5.29. The Bertz CT molecular complexity index is 448. The van der Waals surface area contributed by atoms with Crippen molar-refractivity contribution < 1.29 is 9.90 Å². The number of carboxylic acids is 1. The van der Waals surface area contributed by atoms with Gasteiger partial charge in [0.1, 0.15) is 0 Å². The Morgan fingerprint density at radius 2 is 2.00 bits per heavy atom.